The SMILES string of the molecule is COc1cccc(C(=O)N2CCC(C(=O)N/N=C\c3cc(Br)ccc3OC)CC2)c1. The van der Waals surface area contributed by atoms with E-state index in [-0.39, 0.29) is 17.7 Å². The van der Waals surface area contributed by atoms with Gasteiger partial charge in [-0.25, -0.2) is 5.43 Å². The number of hydrogen-bond acceptors (Lipinski definition) is 5. The second-order valence-corrected chi connectivity index (χ2v) is 7.83. The van der Waals surface area contributed by atoms with E-state index >= 15 is 0 Å². The lowest BCUT2D eigenvalue weighted by Crippen LogP contribution is -2.42. The number of carbonyl (C=O) groups is 2. The van der Waals surface area contributed by atoms with Gasteiger partial charge < -0.3 is 14.4 Å². The monoisotopic (exact) mass is 473 g/mol. The van der Waals surface area contributed by atoms with Gasteiger partial charge >= 0.3 is 0 Å². The maximum atomic E-state index is 12.7. The van der Waals surface area contributed by atoms with Gasteiger partial charge in [0.1, 0.15) is 11.5 Å². The largest absolute Gasteiger partial charge is 0.497 e. The topological polar surface area (TPSA) is 80.2 Å². The minimum absolute atomic E-state index is 0.0486. The fourth-order valence-corrected chi connectivity index (χ4v) is 3.73. The fraction of sp³-hybridized carbons (Fsp3) is 0.318. The van der Waals surface area contributed by atoms with Crippen molar-refractivity contribution in [2.45, 2.75) is 12.8 Å². The lowest BCUT2D eigenvalue weighted by atomic mass is 9.95. The Morgan fingerprint density at radius 3 is 2.60 bits per heavy atom. The van der Waals surface area contributed by atoms with Gasteiger partial charge in [0.05, 0.1) is 20.4 Å². The van der Waals surface area contributed by atoms with Crippen molar-refractivity contribution in [1.29, 1.82) is 0 Å². The maximum Gasteiger partial charge on any atom is 0.253 e. The molecule has 1 saturated heterocycles. The van der Waals surface area contributed by atoms with Gasteiger partial charge in [-0.2, -0.15) is 5.10 Å². The van der Waals surface area contributed by atoms with Crippen LogP contribution in [0, 0.1) is 5.92 Å². The van der Waals surface area contributed by atoms with E-state index in [0.717, 1.165) is 10.0 Å². The quantitative estimate of drug-likeness (QED) is 0.514. The Labute approximate surface area is 184 Å². The molecule has 1 aliphatic heterocycles. The minimum Gasteiger partial charge on any atom is -0.497 e. The van der Waals surface area contributed by atoms with Crippen LogP contribution in [-0.2, 0) is 4.79 Å². The van der Waals surface area contributed by atoms with Crippen molar-refractivity contribution >= 4 is 34.0 Å². The van der Waals surface area contributed by atoms with Crippen LogP contribution in [0.5, 0.6) is 11.5 Å². The molecule has 2 aromatic rings. The van der Waals surface area contributed by atoms with Crippen LogP contribution in [-0.4, -0.2) is 50.2 Å². The summed E-state index contributed by atoms with van der Waals surface area (Å²) in [4.78, 5) is 26.9. The van der Waals surface area contributed by atoms with Crippen LogP contribution in [0.4, 0.5) is 0 Å². The van der Waals surface area contributed by atoms with E-state index < -0.39 is 0 Å². The second kappa shape index (κ2) is 10.2. The lowest BCUT2D eigenvalue weighted by molar-refractivity contribution is -0.126. The Bertz CT molecular complexity index is 940. The molecule has 2 amide bonds. The minimum atomic E-state index is -0.180. The molecule has 0 saturated carbocycles. The van der Waals surface area contributed by atoms with E-state index in [0.29, 0.717) is 43.0 Å². The van der Waals surface area contributed by atoms with Crippen LogP contribution >= 0.6 is 15.9 Å². The summed E-state index contributed by atoms with van der Waals surface area (Å²) < 4.78 is 11.4. The molecule has 158 valence electrons. The fourth-order valence-electron chi connectivity index (χ4n) is 3.35. The Morgan fingerprint density at radius 1 is 1.13 bits per heavy atom. The number of benzene rings is 2. The van der Waals surface area contributed by atoms with E-state index in [1.54, 1.807) is 49.6 Å². The van der Waals surface area contributed by atoms with Crippen LogP contribution in [0.1, 0.15) is 28.8 Å². The molecule has 0 atom stereocenters. The average molecular weight is 474 g/mol. The summed E-state index contributed by atoms with van der Waals surface area (Å²) in [5.74, 6) is 0.942. The molecule has 1 heterocycles. The third-order valence-corrected chi connectivity index (χ3v) is 5.53. The number of amides is 2. The van der Waals surface area contributed by atoms with Crippen LogP contribution in [0.3, 0.4) is 0 Å². The van der Waals surface area contributed by atoms with Gasteiger partial charge in [-0.15, -0.1) is 0 Å². The Hall–Kier alpha value is -2.87. The van der Waals surface area contributed by atoms with E-state index in [4.69, 9.17) is 9.47 Å². The molecule has 0 unspecified atom stereocenters. The zero-order valence-corrected chi connectivity index (χ0v) is 18.5. The zero-order chi connectivity index (χ0) is 21.5. The highest BCUT2D eigenvalue weighted by atomic mass is 79.9. The number of likely N-dealkylation sites (tertiary alicyclic amines) is 1. The Balaban J connectivity index is 1.53. The first-order valence-corrected chi connectivity index (χ1v) is 10.4. The van der Waals surface area contributed by atoms with Gasteiger partial charge in [0.25, 0.3) is 5.91 Å². The maximum absolute atomic E-state index is 12.7. The summed E-state index contributed by atoms with van der Waals surface area (Å²) >= 11 is 3.41. The standard InChI is InChI=1S/C22H24BrN3O4/c1-29-19-5-3-4-16(13-19)22(28)26-10-8-15(9-11-26)21(27)25-24-14-17-12-18(23)6-7-20(17)30-2/h3-7,12-15H,8-11H2,1-2H3,(H,25,27)/b24-14-. The molecule has 3 rings (SSSR count). The summed E-state index contributed by atoms with van der Waals surface area (Å²) in [5.41, 5.74) is 3.95. The van der Waals surface area contributed by atoms with Gasteiger partial charge in [0, 0.05) is 34.6 Å². The number of methoxy groups -OCH3 is 2. The number of nitrogens with one attached hydrogen (secondary N) is 1. The van der Waals surface area contributed by atoms with Crippen LogP contribution in [0.2, 0.25) is 0 Å². The lowest BCUT2D eigenvalue weighted by Gasteiger charge is -2.31. The highest BCUT2D eigenvalue weighted by Gasteiger charge is 2.27. The van der Waals surface area contributed by atoms with Gasteiger partial charge in [-0.05, 0) is 49.2 Å². The average Bonchev–Trinajstić information content (AvgIpc) is 2.78. The van der Waals surface area contributed by atoms with Crippen molar-refractivity contribution in [1.82, 2.24) is 10.3 Å². The summed E-state index contributed by atoms with van der Waals surface area (Å²) in [5, 5.41) is 4.07. The van der Waals surface area contributed by atoms with Crippen molar-refractivity contribution in [3.8, 4) is 11.5 Å². The molecule has 1 aliphatic rings. The third kappa shape index (κ3) is 5.38. The number of hydrogen-bond donors (Lipinski definition) is 1. The molecule has 1 N–H and O–H groups in total. The number of ether oxygens (including phenoxy) is 2. The summed E-state index contributed by atoms with van der Waals surface area (Å²) in [6.07, 6.45) is 2.75. The number of hydrazone groups is 1. The van der Waals surface area contributed by atoms with Crippen LogP contribution in [0.25, 0.3) is 0 Å². The molecule has 0 radical (unpaired) electrons. The molecule has 0 spiro atoms. The number of halogens is 1. The number of carbonyl (C=O) groups excluding carboxylic acids is 2. The van der Waals surface area contributed by atoms with Crippen molar-refractivity contribution in [2.24, 2.45) is 11.0 Å². The highest BCUT2D eigenvalue weighted by Crippen LogP contribution is 2.22. The molecule has 0 aromatic heterocycles. The molecule has 30 heavy (non-hydrogen) atoms. The number of nitrogens with zero attached hydrogens (tertiary/aromatic N) is 2. The molecule has 1 fully saturated rings. The third-order valence-electron chi connectivity index (χ3n) is 5.04. The smallest absolute Gasteiger partial charge is 0.253 e. The molecule has 8 heteroatoms. The second-order valence-electron chi connectivity index (χ2n) is 6.92. The van der Waals surface area contributed by atoms with Crippen LogP contribution in [0.15, 0.2) is 52.0 Å². The summed E-state index contributed by atoms with van der Waals surface area (Å²) in [6.45, 7) is 1.05. The van der Waals surface area contributed by atoms with Gasteiger partial charge in [0.15, 0.2) is 0 Å². The van der Waals surface area contributed by atoms with E-state index in [9.17, 15) is 9.59 Å². The predicted octanol–water partition coefficient (Wildman–Crippen LogP) is 3.47. The van der Waals surface area contributed by atoms with Gasteiger partial charge in [0.2, 0.25) is 5.91 Å². The van der Waals surface area contributed by atoms with E-state index in [1.165, 1.54) is 0 Å². The Kier molecular flexibility index (Phi) is 7.46. The van der Waals surface area contributed by atoms with E-state index in [2.05, 4.69) is 26.5 Å². The summed E-state index contributed by atoms with van der Waals surface area (Å²) in [6, 6.07) is 12.7. The van der Waals surface area contributed by atoms with Gasteiger partial charge in [-0.1, -0.05) is 22.0 Å². The zero-order valence-electron chi connectivity index (χ0n) is 16.9. The van der Waals surface area contributed by atoms with Gasteiger partial charge in [-0.3, -0.25) is 9.59 Å². The van der Waals surface area contributed by atoms with Crippen molar-refractivity contribution in [2.75, 3.05) is 27.3 Å². The molecule has 7 nitrogen and oxygen atoms in total. The molecule has 0 bridgehead atoms. The first-order valence-electron chi connectivity index (χ1n) is 9.61. The molecule has 2 aromatic carbocycles. The number of rotatable bonds is 6. The van der Waals surface area contributed by atoms with Crippen molar-refractivity contribution in [3.05, 3.63) is 58.1 Å². The van der Waals surface area contributed by atoms with Crippen molar-refractivity contribution in [3.63, 3.8) is 0 Å². The Morgan fingerprint density at radius 2 is 1.90 bits per heavy atom. The number of piperidine rings is 1. The van der Waals surface area contributed by atoms with E-state index in [1.807, 2.05) is 18.2 Å². The predicted molar refractivity (Wildman–Crippen MR) is 118 cm³/mol. The highest BCUT2D eigenvalue weighted by molar-refractivity contribution is 9.10. The molecular formula is C22H24BrN3O4. The molecular weight excluding hydrogens is 450 g/mol. The van der Waals surface area contributed by atoms with Crippen LogP contribution < -0.4 is 14.9 Å². The normalized spacial score (nSPS) is 14.6. The summed E-state index contributed by atoms with van der Waals surface area (Å²) in [7, 11) is 3.16. The first-order chi connectivity index (χ1) is 14.5. The molecule has 0 aliphatic carbocycles. The van der Waals surface area contributed by atoms with Crippen molar-refractivity contribution < 1.29 is 19.1 Å². The first kappa shape index (κ1) is 21.8.